The Morgan fingerprint density at radius 3 is 2.52 bits per heavy atom. The molecule has 5 heteroatoms. The van der Waals surface area contributed by atoms with Gasteiger partial charge in [-0.25, -0.2) is 0 Å². The van der Waals surface area contributed by atoms with Crippen LogP contribution < -0.4 is 16.0 Å². The number of carbonyl (C=O) groups excluding carboxylic acids is 1. The summed E-state index contributed by atoms with van der Waals surface area (Å²) in [5, 5.41) is 2.88. The first-order chi connectivity index (χ1) is 9.88. The fourth-order valence-electron chi connectivity index (χ4n) is 2.11. The minimum absolute atomic E-state index is 0.214. The molecule has 2 rings (SSSR count). The van der Waals surface area contributed by atoms with E-state index in [1.807, 2.05) is 44.1 Å². The average Bonchev–Trinajstić information content (AvgIpc) is 2.40. The van der Waals surface area contributed by atoms with E-state index in [-0.39, 0.29) is 5.91 Å². The van der Waals surface area contributed by atoms with Crippen molar-refractivity contribution in [2.24, 2.45) is 0 Å². The number of amides is 1. The van der Waals surface area contributed by atoms with E-state index in [0.717, 1.165) is 21.4 Å². The SMILES string of the molecule is Cc1ccc(NC(=O)c2ccc(Br)cc2N)cc1N(C)C. The summed E-state index contributed by atoms with van der Waals surface area (Å²) < 4.78 is 0.849. The number of rotatable bonds is 3. The minimum atomic E-state index is -0.214. The van der Waals surface area contributed by atoms with E-state index in [1.54, 1.807) is 18.2 Å². The molecule has 0 spiro atoms. The number of aryl methyl sites for hydroxylation is 1. The molecule has 0 saturated heterocycles. The largest absolute Gasteiger partial charge is 0.398 e. The van der Waals surface area contributed by atoms with Crippen LogP contribution in [0, 0.1) is 6.92 Å². The molecule has 1 amide bonds. The highest BCUT2D eigenvalue weighted by Crippen LogP contribution is 2.24. The summed E-state index contributed by atoms with van der Waals surface area (Å²) in [5.41, 5.74) is 9.76. The molecule has 0 fully saturated rings. The summed E-state index contributed by atoms with van der Waals surface area (Å²) in [6, 6.07) is 11.0. The normalized spacial score (nSPS) is 10.3. The highest BCUT2D eigenvalue weighted by molar-refractivity contribution is 9.10. The third kappa shape index (κ3) is 3.55. The molecule has 0 aliphatic carbocycles. The molecule has 4 nitrogen and oxygen atoms in total. The van der Waals surface area contributed by atoms with E-state index in [2.05, 4.69) is 21.2 Å². The monoisotopic (exact) mass is 347 g/mol. The number of nitrogens with one attached hydrogen (secondary N) is 1. The maximum Gasteiger partial charge on any atom is 0.257 e. The van der Waals surface area contributed by atoms with Gasteiger partial charge in [-0.1, -0.05) is 22.0 Å². The molecule has 0 radical (unpaired) electrons. The molecule has 2 aromatic carbocycles. The topological polar surface area (TPSA) is 58.4 Å². The highest BCUT2D eigenvalue weighted by Gasteiger charge is 2.11. The van der Waals surface area contributed by atoms with Gasteiger partial charge in [-0.05, 0) is 42.8 Å². The van der Waals surface area contributed by atoms with Crippen LogP contribution in [-0.4, -0.2) is 20.0 Å². The van der Waals surface area contributed by atoms with Crippen molar-refractivity contribution in [1.82, 2.24) is 0 Å². The second-order valence-corrected chi connectivity index (χ2v) is 6.00. The van der Waals surface area contributed by atoms with Gasteiger partial charge in [0.1, 0.15) is 0 Å². The zero-order chi connectivity index (χ0) is 15.6. The van der Waals surface area contributed by atoms with E-state index in [9.17, 15) is 4.79 Å². The second-order valence-electron chi connectivity index (χ2n) is 5.08. The lowest BCUT2D eigenvalue weighted by molar-refractivity contribution is 0.102. The summed E-state index contributed by atoms with van der Waals surface area (Å²) in [6.07, 6.45) is 0. The Hall–Kier alpha value is -2.01. The van der Waals surface area contributed by atoms with E-state index in [4.69, 9.17) is 5.73 Å². The smallest absolute Gasteiger partial charge is 0.257 e. The van der Waals surface area contributed by atoms with Crippen LogP contribution in [0.4, 0.5) is 17.1 Å². The van der Waals surface area contributed by atoms with Crippen molar-refractivity contribution in [2.75, 3.05) is 30.0 Å². The zero-order valence-electron chi connectivity index (χ0n) is 12.3. The van der Waals surface area contributed by atoms with Crippen molar-refractivity contribution in [2.45, 2.75) is 6.92 Å². The lowest BCUT2D eigenvalue weighted by Gasteiger charge is -2.17. The van der Waals surface area contributed by atoms with Gasteiger partial charge in [0.2, 0.25) is 0 Å². The van der Waals surface area contributed by atoms with Crippen molar-refractivity contribution in [1.29, 1.82) is 0 Å². The molecule has 0 atom stereocenters. The molecule has 0 unspecified atom stereocenters. The van der Waals surface area contributed by atoms with Crippen molar-refractivity contribution in [3.63, 3.8) is 0 Å². The quantitative estimate of drug-likeness (QED) is 0.833. The van der Waals surface area contributed by atoms with Gasteiger partial charge in [-0.15, -0.1) is 0 Å². The van der Waals surface area contributed by atoms with Gasteiger partial charge in [0.25, 0.3) is 5.91 Å². The van der Waals surface area contributed by atoms with Gasteiger partial charge >= 0.3 is 0 Å². The van der Waals surface area contributed by atoms with Crippen LogP contribution in [0.1, 0.15) is 15.9 Å². The number of nitrogen functional groups attached to an aromatic ring is 1. The molecule has 0 aliphatic rings. The number of hydrogen-bond donors (Lipinski definition) is 2. The highest BCUT2D eigenvalue weighted by atomic mass is 79.9. The van der Waals surface area contributed by atoms with E-state index in [0.29, 0.717) is 11.3 Å². The van der Waals surface area contributed by atoms with Crippen LogP contribution in [0.15, 0.2) is 40.9 Å². The fraction of sp³-hybridized carbons (Fsp3) is 0.188. The van der Waals surface area contributed by atoms with Crippen molar-refractivity contribution < 1.29 is 4.79 Å². The number of nitrogens with zero attached hydrogens (tertiary/aromatic N) is 1. The Balaban J connectivity index is 2.25. The van der Waals surface area contributed by atoms with Crippen molar-refractivity contribution >= 4 is 38.9 Å². The second kappa shape index (κ2) is 6.18. The number of hydrogen-bond acceptors (Lipinski definition) is 3. The Bertz CT molecular complexity index is 683. The molecular formula is C16H18BrN3O. The molecule has 0 saturated carbocycles. The van der Waals surface area contributed by atoms with Crippen LogP contribution in [0.25, 0.3) is 0 Å². The van der Waals surface area contributed by atoms with Crippen molar-refractivity contribution in [3.05, 3.63) is 52.0 Å². The van der Waals surface area contributed by atoms with Gasteiger partial charge in [0.15, 0.2) is 0 Å². The molecule has 21 heavy (non-hydrogen) atoms. The van der Waals surface area contributed by atoms with Gasteiger partial charge in [-0.3, -0.25) is 4.79 Å². The van der Waals surface area contributed by atoms with Gasteiger partial charge in [0.05, 0.1) is 5.56 Å². The third-order valence-electron chi connectivity index (χ3n) is 3.21. The summed E-state index contributed by atoms with van der Waals surface area (Å²) in [6.45, 7) is 2.04. The van der Waals surface area contributed by atoms with E-state index in [1.165, 1.54) is 0 Å². The van der Waals surface area contributed by atoms with Crippen LogP contribution in [-0.2, 0) is 0 Å². The molecule has 110 valence electrons. The van der Waals surface area contributed by atoms with Crippen LogP contribution in [0.3, 0.4) is 0 Å². The fourth-order valence-corrected chi connectivity index (χ4v) is 2.49. The van der Waals surface area contributed by atoms with Gasteiger partial charge in [-0.2, -0.15) is 0 Å². The minimum Gasteiger partial charge on any atom is -0.398 e. The molecule has 0 aromatic heterocycles. The Morgan fingerprint density at radius 1 is 1.19 bits per heavy atom. The standard InChI is InChI=1S/C16H18BrN3O/c1-10-4-6-12(9-15(10)20(2)3)19-16(21)13-7-5-11(17)8-14(13)18/h4-9H,18H2,1-3H3,(H,19,21). The Kier molecular flexibility index (Phi) is 4.53. The number of carbonyl (C=O) groups is 1. The predicted octanol–water partition coefficient (Wildman–Crippen LogP) is 3.66. The zero-order valence-corrected chi connectivity index (χ0v) is 13.9. The summed E-state index contributed by atoms with van der Waals surface area (Å²) in [5.74, 6) is -0.214. The summed E-state index contributed by atoms with van der Waals surface area (Å²) in [4.78, 5) is 14.3. The maximum atomic E-state index is 12.3. The number of benzene rings is 2. The first-order valence-corrected chi connectivity index (χ1v) is 7.32. The van der Waals surface area contributed by atoms with Gasteiger partial charge in [0, 0.05) is 35.6 Å². The molecule has 0 bridgehead atoms. The Morgan fingerprint density at radius 2 is 1.90 bits per heavy atom. The first-order valence-electron chi connectivity index (χ1n) is 6.53. The van der Waals surface area contributed by atoms with Crippen LogP contribution in [0.2, 0.25) is 0 Å². The van der Waals surface area contributed by atoms with Crippen molar-refractivity contribution in [3.8, 4) is 0 Å². The summed E-state index contributed by atoms with van der Waals surface area (Å²) in [7, 11) is 3.95. The lowest BCUT2D eigenvalue weighted by atomic mass is 10.1. The van der Waals surface area contributed by atoms with Crippen LogP contribution in [0.5, 0.6) is 0 Å². The van der Waals surface area contributed by atoms with E-state index < -0.39 is 0 Å². The molecule has 0 heterocycles. The summed E-state index contributed by atoms with van der Waals surface area (Å²) >= 11 is 3.33. The number of nitrogens with two attached hydrogens (primary N) is 1. The lowest BCUT2D eigenvalue weighted by Crippen LogP contribution is -2.15. The Labute approximate surface area is 133 Å². The van der Waals surface area contributed by atoms with Gasteiger partial charge < -0.3 is 16.0 Å². The molecular weight excluding hydrogens is 330 g/mol. The maximum absolute atomic E-state index is 12.3. The first kappa shape index (κ1) is 15.4. The number of halogens is 1. The number of anilines is 3. The average molecular weight is 348 g/mol. The molecule has 0 aliphatic heterocycles. The molecule has 3 N–H and O–H groups in total. The molecule has 2 aromatic rings. The van der Waals surface area contributed by atoms with E-state index >= 15 is 0 Å². The van der Waals surface area contributed by atoms with Crippen LogP contribution >= 0.6 is 15.9 Å². The third-order valence-corrected chi connectivity index (χ3v) is 3.70. The predicted molar refractivity (Wildman–Crippen MR) is 92.0 cm³/mol.